The summed E-state index contributed by atoms with van der Waals surface area (Å²) in [5.74, 6) is 6.72. The standard InChI is InChI=1S/C10H13NO/c1-3-4-7-11-9(2)10-6-5-8-12-10/h5-6,8-9,11H,7H2,1-2H3/t9-/m1/s1. The molecule has 1 N–H and O–H groups in total. The van der Waals surface area contributed by atoms with Crippen LogP contribution in [-0.4, -0.2) is 6.54 Å². The van der Waals surface area contributed by atoms with Gasteiger partial charge in [0.25, 0.3) is 0 Å². The molecular formula is C10H13NO. The highest BCUT2D eigenvalue weighted by atomic mass is 16.3. The molecule has 0 aliphatic carbocycles. The largest absolute Gasteiger partial charge is 0.468 e. The van der Waals surface area contributed by atoms with E-state index in [0.717, 1.165) is 5.76 Å². The Balaban J connectivity index is 2.37. The minimum Gasteiger partial charge on any atom is -0.468 e. The molecular weight excluding hydrogens is 150 g/mol. The maximum absolute atomic E-state index is 5.22. The monoisotopic (exact) mass is 163 g/mol. The van der Waals surface area contributed by atoms with Crippen LogP contribution < -0.4 is 5.32 Å². The number of nitrogens with one attached hydrogen (secondary N) is 1. The smallest absolute Gasteiger partial charge is 0.120 e. The fourth-order valence-electron chi connectivity index (χ4n) is 0.931. The molecule has 0 spiro atoms. The molecule has 1 rings (SSSR count). The van der Waals surface area contributed by atoms with E-state index in [1.165, 1.54) is 0 Å². The summed E-state index contributed by atoms with van der Waals surface area (Å²) < 4.78 is 5.22. The van der Waals surface area contributed by atoms with Crippen molar-refractivity contribution >= 4 is 0 Å². The second-order valence-corrected chi connectivity index (χ2v) is 2.54. The summed E-state index contributed by atoms with van der Waals surface area (Å²) in [5, 5.41) is 3.22. The van der Waals surface area contributed by atoms with E-state index in [9.17, 15) is 0 Å². The van der Waals surface area contributed by atoms with Gasteiger partial charge in [-0.3, -0.25) is 5.32 Å². The van der Waals surface area contributed by atoms with Crippen LogP contribution >= 0.6 is 0 Å². The van der Waals surface area contributed by atoms with Crippen LogP contribution in [0.4, 0.5) is 0 Å². The lowest BCUT2D eigenvalue weighted by Gasteiger charge is -2.07. The van der Waals surface area contributed by atoms with Crippen molar-refractivity contribution in [3.63, 3.8) is 0 Å². The Morgan fingerprint density at radius 2 is 2.50 bits per heavy atom. The topological polar surface area (TPSA) is 25.2 Å². The molecule has 1 atom stereocenters. The number of rotatable bonds is 3. The van der Waals surface area contributed by atoms with Crippen molar-refractivity contribution in [2.75, 3.05) is 6.54 Å². The molecule has 64 valence electrons. The van der Waals surface area contributed by atoms with E-state index >= 15 is 0 Å². The van der Waals surface area contributed by atoms with Gasteiger partial charge in [-0.2, -0.15) is 0 Å². The lowest BCUT2D eigenvalue weighted by Crippen LogP contribution is -2.18. The zero-order chi connectivity index (χ0) is 8.81. The van der Waals surface area contributed by atoms with Gasteiger partial charge in [-0.05, 0) is 26.0 Å². The fourth-order valence-corrected chi connectivity index (χ4v) is 0.931. The van der Waals surface area contributed by atoms with Gasteiger partial charge in [-0.15, -0.1) is 5.92 Å². The predicted octanol–water partition coefficient (Wildman–Crippen LogP) is 1.95. The molecule has 12 heavy (non-hydrogen) atoms. The van der Waals surface area contributed by atoms with Crippen molar-refractivity contribution in [2.45, 2.75) is 19.9 Å². The first-order valence-corrected chi connectivity index (χ1v) is 4.01. The Labute approximate surface area is 73.0 Å². The Bertz CT molecular complexity index is 266. The third-order valence-electron chi connectivity index (χ3n) is 1.64. The molecule has 0 unspecified atom stereocenters. The third kappa shape index (κ3) is 2.44. The summed E-state index contributed by atoms with van der Waals surface area (Å²) in [6, 6.07) is 4.08. The summed E-state index contributed by atoms with van der Waals surface area (Å²) in [6.07, 6.45) is 1.68. The van der Waals surface area contributed by atoms with Crippen LogP contribution in [0.25, 0.3) is 0 Å². The van der Waals surface area contributed by atoms with E-state index in [1.54, 1.807) is 6.26 Å². The first-order valence-electron chi connectivity index (χ1n) is 4.01. The molecule has 0 saturated heterocycles. The molecule has 0 amide bonds. The van der Waals surface area contributed by atoms with Crippen molar-refractivity contribution in [2.24, 2.45) is 0 Å². The first-order chi connectivity index (χ1) is 5.84. The van der Waals surface area contributed by atoms with Crippen LogP contribution in [0.2, 0.25) is 0 Å². The van der Waals surface area contributed by atoms with Crippen molar-refractivity contribution in [3.05, 3.63) is 24.2 Å². The molecule has 0 bridgehead atoms. The van der Waals surface area contributed by atoms with Gasteiger partial charge < -0.3 is 4.42 Å². The van der Waals surface area contributed by atoms with E-state index in [1.807, 2.05) is 19.1 Å². The molecule has 0 saturated carbocycles. The number of hydrogen-bond acceptors (Lipinski definition) is 2. The van der Waals surface area contributed by atoms with Crippen molar-refractivity contribution < 1.29 is 4.42 Å². The molecule has 0 aromatic carbocycles. The van der Waals surface area contributed by atoms with Crippen molar-refractivity contribution in [1.29, 1.82) is 0 Å². The average molecular weight is 163 g/mol. The van der Waals surface area contributed by atoms with E-state index in [-0.39, 0.29) is 6.04 Å². The fraction of sp³-hybridized carbons (Fsp3) is 0.400. The quantitative estimate of drug-likeness (QED) is 0.689. The molecule has 0 fully saturated rings. The van der Waals surface area contributed by atoms with Crippen molar-refractivity contribution in [1.82, 2.24) is 5.32 Å². The van der Waals surface area contributed by atoms with E-state index in [0.29, 0.717) is 6.54 Å². The Morgan fingerprint density at radius 1 is 1.67 bits per heavy atom. The number of furan rings is 1. The second kappa shape index (κ2) is 4.63. The molecule has 2 nitrogen and oxygen atoms in total. The van der Waals surface area contributed by atoms with Gasteiger partial charge in [-0.1, -0.05) is 5.92 Å². The molecule has 1 aromatic heterocycles. The van der Waals surface area contributed by atoms with Gasteiger partial charge in [-0.25, -0.2) is 0 Å². The Hall–Kier alpha value is -1.20. The summed E-state index contributed by atoms with van der Waals surface area (Å²) >= 11 is 0. The zero-order valence-corrected chi connectivity index (χ0v) is 7.42. The maximum Gasteiger partial charge on any atom is 0.120 e. The minimum atomic E-state index is 0.237. The van der Waals surface area contributed by atoms with Crippen molar-refractivity contribution in [3.8, 4) is 11.8 Å². The molecule has 0 aliphatic heterocycles. The Kier molecular flexibility index (Phi) is 3.43. The van der Waals surface area contributed by atoms with Gasteiger partial charge in [0.1, 0.15) is 5.76 Å². The average Bonchev–Trinajstić information content (AvgIpc) is 2.56. The Morgan fingerprint density at radius 3 is 3.08 bits per heavy atom. The van der Waals surface area contributed by atoms with E-state index in [4.69, 9.17) is 4.42 Å². The van der Waals surface area contributed by atoms with Gasteiger partial charge in [0.15, 0.2) is 0 Å². The van der Waals surface area contributed by atoms with Crippen LogP contribution in [0, 0.1) is 11.8 Å². The van der Waals surface area contributed by atoms with Crippen LogP contribution in [0.1, 0.15) is 25.6 Å². The molecule has 0 aliphatic rings. The summed E-state index contributed by atoms with van der Waals surface area (Å²) in [4.78, 5) is 0. The normalized spacial score (nSPS) is 11.8. The summed E-state index contributed by atoms with van der Waals surface area (Å²) in [7, 11) is 0. The molecule has 1 heterocycles. The van der Waals surface area contributed by atoms with Gasteiger partial charge in [0.2, 0.25) is 0 Å². The highest BCUT2D eigenvalue weighted by Gasteiger charge is 2.04. The molecule has 2 heteroatoms. The lowest BCUT2D eigenvalue weighted by atomic mass is 10.2. The summed E-state index contributed by atoms with van der Waals surface area (Å²) in [6.45, 7) is 4.59. The van der Waals surface area contributed by atoms with E-state index in [2.05, 4.69) is 24.1 Å². The second-order valence-electron chi connectivity index (χ2n) is 2.54. The highest BCUT2D eigenvalue weighted by molar-refractivity contribution is 5.05. The molecule has 1 aromatic rings. The van der Waals surface area contributed by atoms with E-state index < -0.39 is 0 Å². The highest BCUT2D eigenvalue weighted by Crippen LogP contribution is 2.10. The number of hydrogen-bond donors (Lipinski definition) is 1. The zero-order valence-electron chi connectivity index (χ0n) is 7.42. The minimum absolute atomic E-state index is 0.237. The van der Waals surface area contributed by atoms with Crippen LogP contribution in [0.5, 0.6) is 0 Å². The van der Waals surface area contributed by atoms with Gasteiger partial charge in [0, 0.05) is 0 Å². The SMILES string of the molecule is CC#CCN[C@H](C)c1ccco1. The first kappa shape index (κ1) is 8.89. The lowest BCUT2D eigenvalue weighted by molar-refractivity contribution is 0.443. The predicted molar refractivity (Wildman–Crippen MR) is 48.6 cm³/mol. The molecule has 0 radical (unpaired) electrons. The third-order valence-corrected chi connectivity index (χ3v) is 1.64. The van der Waals surface area contributed by atoms with Crippen LogP contribution in [-0.2, 0) is 0 Å². The van der Waals surface area contributed by atoms with Gasteiger partial charge in [0.05, 0.1) is 18.8 Å². The van der Waals surface area contributed by atoms with Crippen LogP contribution in [0.3, 0.4) is 0 Å². The summed E-state index contributed by atoms with van der Waals surface area (Å²) in [5.41, 5.74) is 0. The van der Waals surface area contributed by atoms with Gasteiger partial charge >= 0.3 is 0 Å². The maximum atomic E-state index is 5.22. The van der Waals surface area contributed by atoms with Crippen LogP contribution in [0.15, 0.2) is 22.8 Å².